The second kappa shape index (κ2) is 7.70. The fourth-order valence-corrected chi connectivity index (χ4v) is 2.27. The Morgan fingerprint density at radius 2 is 1.86 bits per heavy atom. The van der Waals surface area contributed by atoms with Gasteiger partial charge in [0.05, 0.1) is 6.61 Å². The molecule has 2 aromatic carbocycles. The largest absolute Gasteiger partial charge is 0.504 e. The number of rotatable bonds is 7. The van der Waals surface area contributed by atoms with E-state index in [9.17, 15) is 5.11 Å². The molecule has 0 radical (unpaired) electrons. The van der Waals surface area contributed by atoms with Crippen molar-refractivity contribution in [2.24, 2.45) is 0 Å². The molecular weight excluding hydrogens is 262 g/mol. The molecule has 0 saturated carbocycles. The molecule has 1 unspecified atom stereocenters. The lowest BCUT2D eigenvalue weighted by Crippen LogP contribution is -2.27. The van der Waals surface area contributed by atoms with Gasteiger partial charge in [0.1, 0.15) is 0 Å². The Morgan fingerprint density at radius 3 is 2.57 bits per heavy atom. The van der Waals surface area contributed by atoms with Crippen LogP contribution in [0.25, 0.3) is 0 Å². The van der Waals surface area contributed by atoms with Gasteiger partial charge in [-0.25, -0.2) is 0 Å². The number of benzene rings is 2. The fraction of sp³-hybridized carbons (Fsp3) is 0.333. The van der Waals surface area contributed by atoms with E-state index in [2.05, 4.69) is 36.5 Å². The van der Waals surface area contributed by atoms with Crippen LogP contribution < -0.4 is 10.1 Å². The van der Waals surface area contributed by atoms with Gasteiger partial charge in [-0.3, -0.25) is 0 Å². The summed E-state index contributed by atoms with van der Waals surface area (Å²) >= 11 is 0. The van der Waals surface area contributed by atoms with Crippen molar-refractivity contribution in [2.75, 3.05) is 6.61 Å². The number of ether oxygens (including phenoxy) is 1. The van der Waals surface area contributed by atoms with Crippen molar-refractivity contribution in [3.63, 3.8) is 0 Å². The summed E-state index contributed by atoms with van der Waals surface area (Å²) in [4.78, 5) is 0. The first-order valence-corrected chi connectivity index (χ1v) is 7.41. The van der Waals surface area contributed by atoms with Gasteiger partial charge in [-0.2, -0.15) is 0 Å². The second-order valence-electron chi connectivity index (χ2n) is 5.21. The van der Waals surface area contributed by atoms with Crippen LogP contribution in [-0.2, 0) is 13.0 Å². The van der Waals surface area contributed by atoms with Crippen molar-refractivity contribution in [1.29, 1.82) is 0 Å². The molecule has 0 amide bonds. The van der Waals surface area contributed by atoms with Crippen molar-refractivity contribution in [1.82, 2.24) is 5.32 Å². The van der Waals surface area contributed by atoms with E-state index in [4.69, 9.17) is 4.74 Å². The third-order valence-corrected chi connectivity index (χ3v) is 3.36. The van der Waals surface area contributed by atoms with Crippen molar-refractivity contribution in [2.45, 2.75) is 32.9 Å². The van der Waals surface area contributed by atoms with Gasteiger partial charge in [-0.1, -0.05) is 36.4 Å². The molecule has 0 bridgehead atoms. The molecule has 1 atom stereocenters. The summed E-state index contributed by atoms with van der Waals surface area (Å²) in [7, 11) is 0. The molecule has 0 aliphatic heterocycles. The number of phenolic OH excluding ortho intramolecular Hbond substituents is 1. The van der Waals surface area contributed by atoms with Gasteiger partial charge in [0.15, 0.2) is 11.5 Å². The summed E-state index contributed by atoms with van der Waals surface area (Å²) in [6.45, 7) is 5.40. The van der Waals surface area contributed by atoms with Crippen molar-refractivity contribution >= 4 is 0 Å². The normalized spacial score (nSPS) is 12.1. The molecule has 0 aliphatic rings. The number of phenols is 1. The summed E-state index contributed by atoms with van der Waals surface area (Å²) < 4.78 is 5.40. The molecule has 112 valence electrons. The van der Waals surface area contributed by atoms with E-state index >= 15 is 0 Å². The van der Waals surface area contributed by atoms with Gasteiger partial charge in [0, 0.05) is 12.6 Å². The standard InChI is InChI=1S/C18H23NO2/c1-3-21-18-12-16(9-10-17(18)20)13-19-14(2)11-15-7-5-4-6-8-15/h4-10,12,14,19-20H,3,11,13H2,1-2H3. The third-order valence-electron chi connectivity index (χ3n) is 3.36. The number of hydrogen-bond donors (Lipinski definition) is 2. The Morgan fingerprint density at radius 1 is 1.10 bits per heavy atom. The molecule has 3 nitrogen and oxygen atoms in total. The van der Waals surface area contributed by atoms with Crippen LogP contribution in [0.4, 0.5) is 0 Å². The molecule has 0 spiro atoms. The molecule has 0 fully saturated rings. The lowest BCUT2D eigenvalue weighted by molar-refractivity contribution is 0.317. The predicted molar refractivity (Wildman–Crippen MR) is 85.7 cm³/mol. The highest BCUT2D eigenvalue weighted by Gasteiger charge is 2.06. The molecule has 21 heavy (non-hydrogen) atoms. The van der Waals surface area contributed by atoms with Crippen LogP contribution in [0.15, 0.2) is 48.5 Å². The fourth-order valence-electron chi connectivity index (χ4n) is 2.27. The summed E-state index contributed by atoms with van der Waals surface area (Å²) in [5.41, 5.74) is 2.44. The minimum Gasteiger partial charge on any atom is -0.504 e. The summed E-state index contributed by atoms with van der Waals surface area (Å²) in [6, 6.07) is 16.3. The van der Waals surface area contributed by atoms with E-state index in [0.29, 0.717) is 18.4 Å². The summed E-state index contributed by atoms with van der Waals surface area (Å²) in [5, 5.41) is 13.2. The van der Waals surface area contributed by atoms with Crippen LogP contribution in [0, 0.1) is 0 Å². The van der Waals surface area contributed by atoms with E-state index < -0.39 is 0 Å². The van der Waals surface area contributed by atoms with Gasteiger partial charge in [0.2, 0.25) is 0 Å². The Bertz CT molecular complexity index is 554. The average molecular weight is 285 g/mol. The molecule has 0 aromatic heterocycles. The highest BCUT2D eigenvalue weighted by molar-refractivity contribution is 5.41. The molecule has 0 aliphatic carbocycles. The summed E-state index contributed by atoms with van der Waals surface area (Å²) in [6.07, 6.45) is 0.997. The summed E-state index contributed by atoms with van der Waals surface area (Å²) in [5.74, 6) is 0.741. The first-order valence-electron chi connectivity index (χ1n) is 7.41. The predicted octanol–water partition coefficient (Wildman–Crippen LogP) is 3.51. The maximum atomic E-state index is 9.69. The molecule has 3 heteroatoms. The second-order valence-corrected chi connectivity index (χ2v) is 5.21. The topological polar surface area (TPSA) is 41.5 Å². The SMILES string of the molecule is CCOc1cc(CNC(C)Cc2ccccc2)ccc1O. The van der Waals surface area contributed by atoms with E-state index in [1.54, 1.807) is 6.07 Å². The maximum Gasteiger partial charge on any atom is 0.161 e. The van der Waals surface area contributed by atoms with Crippen molar-refractivity contribution in [3.8, 4) is 11.5 Å². The molecular formula is C18H23NO2. The Hall–Kier alpha value is -2.00. The van der Waals surface area contributed by atoms with Gasteiger partial charge >= 0.3 is 0 Å². The lowest BCUT2D eigenvalue weighted by atomic mass is 10.1. The van der Waals surface area contributed by atoms with Gasteiger partial charge in [-0.05, 0) is 43.5 Å². The first-order chi connectivity index (χ1) is 10.2. The minimum atomic E-state index is 0.193. The average Bonchev–Trinajstić information content (AvgIpc) is 2.49. The zero-order valence-electron chi connectivity index (χ0n) is 12.7. The first kappa shape index (κ1) is 15.4. The van der Waals surface area contributed by atoms with Crippen LogP contribution in [0.2, 0.25) is 0 Å². The Balaban J connectivity index is 1.89. The number of aromatic hydroxyl groups is 1. The van der Waals surface area contributed by atoms with Crippen LogP contribution in [0.5, 0.6) is 11.5 Å². The molecule has 0 saturated heterocycles. The third kappa shape index (κ3) is 4.80. The Labute approximate surface area is 126 Å². The van der Waals surface area contributed by atoms with Gasteiger partial charge in [-0.15, -0.1) is 0 Å². The quantitative estimate of drug-likeness (QED) is 0.818. The zero-order valence-corrected chi connectivity index (χ0v) is 12.7. The molecule has 0 heterocycles. The molecule has 2 rings (SSSR count). The zero-order chi connectivity index (χ0) is 15.1. The van der Waals surface area contributed by atoms with Crippen molar-refractivity contribution < 1.29 is 9.84 Å². The van der Waals surface area contributed by atoms with E-state index in [0.717, 1.165) is 18.5 Å². The Kier molecular flexibility index (Phi) is 5.64. The van der Waals surface area contributed by atoms with E-state index in [-0.39, 0.29) is 5.75 Å². The van der Waals surface area contributed by atoms with Gasteiger partial charge < -0.3 is 15.2 Å². The maximum absolute atomic E-state index is 9.69. The van der Waals surface area contributed by atoms with Crippen LogP contribution in [0.3, 0.4) is 0 Å². The van der Waals surface area contributed by atoms with Crippen molar-refractivity contribution in [3.05, 3.63) is 59.7 Å². The highest BCUT2D eigenvalue weighted by Crippen LogP contribution is 2.26. The van der Waals surface area contributed by atoms with E-state index in [1.165, 1.54) is 5.56 Å². The molecule has 2 N–H and O–H groups in total. The van der Waals surface area contributed by atoms with Crippen LogP contribution >= 0.6 is 0 Å². The van der Waals surface area contributed by atoms with E-state index in [1.807, 2.05) is 25.1 Å². The number of nitrogens with one attached hydrogen (secondary N) is 1. The number of hydrogen-bond acceptors (Lipinski definition) is 3. The lowest BCUT2D eigenvalue weighted by Gasteiger charge is -2.15. The smallest absolute Gasteiger partial charge is 0.161 e. The monoisotopic (exact) mass is 285 g/mol. The minimum absolute atomic E-state index is 0.193. The molecule has 2 aromatic rings. The van der Waals surface area contributed by atoms with Crippen LogP contribution in [0.1, 0.15) is 25.0 Å². The van der Waals surface area contributed by atoms with Gasteiger partial charge in [0.25, 0.3) is 0 Å². The highest BCUT2D eigenvalue weighted by atomic mass is 16.5. The van der Waals surface area contributed by atoms with Crippen LogP contribution in [-0.4, -0.2) is 17.8 Å².